The lowest BCUT2D eigenvalue weighted by molar-refractivity contribution is 0.00578. The maximum Gasteiger partial charge on any atom is 0.494 e. The normalized spacial score (nSPS) is 16.9. The summed E-state index contributed by atoms with van der Waals surface area (Å²) in [7, 11) is -0.361. The summed E-state index contributed by atoms with van der Waals surface area (Å²) in [5.74, 6) is -0.0209. The Morgan fingerprint density at radius 3 is 2.32 bits per heavy atom. The van der Waals surface area contributed by atoms with Crippen LogP contribution in [0, 0.1) is 6.92 Å². The molecular formula is C25H28BN5O3. The number of rotatable bonds is 5. The molecule has 0 unspecified atom stereocenters. The summed E-state index contributed by atoms with van der Waals surface area (Å²) in [6.45, 7) is 10.8. The summed E-state index contributed by atoms with van der Waals surface area (Å²) in [4.78, 5) is 15.5. The molecule has 2 N–H and O–H groups in total. The number of hydrogen-bond donors (Lipinski definition) is 1. The summed E-state index contributed by atoms with van der Waals surface area (Å²) >= 11 is 0. The van der Waals surface area contributed by atoms with Gasteiger partial charge in [0.1, 0.15) is 5.82 Å². The van der Waals surface area contributed by atoms with Crippen LogP contribution in [0.1, 0.15) is 49.7 Å². The van der Waals surface area contributed by atoms with Crippen molar-refractivity contribution < 1.29 is 14.1 Å². The molecule has 1 aliphatic rings. The predicted molar refractivity (Wildman–Crippen MR) is 131 cm³/mol. The molecule has 0 saturated carbocycles. The SMILES string of the molecule is Cc1nc(C(N)=O)nn1-c1ccc2c(ccn2Cc2ccc(B3OC(C)(C)C(C)(C)O3)cc2)c1. The summed E-state index contributed by atoms with van der Waals surface area (Å²) in [6, 6.07) is 16.5. The molecule has 1 fully saturated rings. The fourth-order valence-corrected chi connectivity index (χ4v) is 4.15. The molecule has 5 rings (SSSR count). The van der Waals surface area contributed by atoms with E-state index in [0.29, 0.717) is 5.82 Å². The average Bonchev–Trinajstić information content (AvgIpc) is 3.42. The highest BCUT2D eigenvalue weighted by Crippen LogP contribution is 2.36. The number of aryl methyl sites for hydroxylation is 1. The van der Waals surface area contributed by atoms with Crippen LogP contribution in [-0.4, -0.2) is 43.6 Å². The van der Waals surface area contributed by atoms with Crippen LogP contribution in [0.3, 0.4) is 0 Å². The lowest BCUT2D eigenvalue weighted by Crippen LogP contribution is -2.41. The van der Waals surface area contributed by atoms with Gasteiger partial charge in [0.25, 0.3) is 5.91 Å². The van der Waals surface area contributed by atoms with Crippen molar-refractivity contribution >= 4 is 29.4 Å². The monoisotopic (exact) mass is 457 g/mol. The number of hydrogen-bond acceptors (Lipinski definition) is 5. The minimum Gasteiger partial charge on any atom is -0.399 e. The van der Waals surface area contributed by atoms with E-state index in [4.69, 9.17) is 15.0 Å². The first kappa shape index (κ1) is 22.4. The third kappa shape index (κ3) is 3.80. The highest BCUT2D eigenvalue weighted by Gasteiger charge is 2.51. The lowest BCUT2D eigenvalue weighted by atomic mass is 9.79. The number of nitrogens with two attached hydrogens (primary N) is 1. The van der Waals surface area contributed by atoms with Gasteiger partial charge in [-0.1, -0.05) is 24.3 Å². The molecule has 0 radical (unpaired) electrons. The van der Waals surface area contributed by atoms with Gasteiger partial charge in [-0.25, -0.2) is 9.67 Å². The Kier molecular flexibility index (Phi) is 5.14. The van der Waals surface area contributed by atoms with Crippen molar-refractivity contribution in [3.05, 3.63) is 71.9 Å². The van der Waals surface area contributed by atoms with Gasteiger partial charge in [0.15, 0.2) is 0 Å². The highest BCUT2D eigenvalue weighted by atomic mass is 16.7. The standard InChI is InChI=1S/C25H28BN5O3/c1-16-28-23(22(27)32)29-31(16)20-10-11-21-18(14-20)12-13-30(21)15-17-6-8-19(9-7-17)26-33-24(2,3)25(4,5)34-26/h6-14H,15H2,1-5H3,(H2,27,32). The molecule has 34 heavy (non-hydrogen) atoms. The Labute approximate surface area is 198 Å². The Hall–Kier alpha value is -3.43. The average molecular weight is 457 g/mol. The number of fused-ring (bicyclic) bond motifs is 1. The Morgan fingerprint density at radius 2 is 1.71 bits per heavy atom. The van der Waals surface area contributed by atoms with Crippen LogP contribution in [0.4, 0.5) is 0 Å². The van der Waals surface area contributed by atoms with Gasteiger partial charge in [-0.15, -0.1) is 5.10 Å². The largest absolute Gasteiger partial charge is 0.494 e. The molecule has 1 amide bonds. The van der Waals surface area contributed by atoms with E-state index in [1.165, 1.54) is 5.56 Å². The predicted octanol–water partition coefficient (Wildman–Crippen LogP) is 2.98. The number of carbonyl (C=O) groups is 1. The minimum atomic E-state index is -0.640. The number of aromatic nitrogens is 4. The minimum absolute atomic E-state index is 0.0131. The summed E-state index contributed by atoms with van der Waals surface area (Å²) in [6.07, 6.45) is 2.07. The van der Waals surface area contributed by atoms with Crippen LogP contribution in [0.25, 0.3) is 16.6 Å². The van der Waals surface area contributed by atoms with Crippen molar-refractivity contribution in [3.63, 3.8) is 0 Å². The zero-order valence-corrected chi connectivity index (χ0v) is 20.1. The number of amides is 1. The quantitative estimate of drug-likeness (QED) is 0.465. The molecule has 0 bridgehead atoms. The van der Waals surface area contributed by atoms with Crippen LogP contribution >= 0.6 is 0 Å². The van der Waals surface area contributed by atoms with Crippen molar-refractivity contribution in [1.29, 1.82) is 0 Å². The first-order valence-corrected chi connectivity index (χ1v) is 11.3. The van der Waals surface area contributed by atoms with Gasteiger partial charge >= 0.3 is 7.12 Å². The van der Waals surface area contributed by atoms with Gasteiger partial charge in [0.2, 0.25) is 5.82 Å². The molecule has 9 heteroatoms. The highest BCUT2D eigenvalue weighted by molar-refractivity contribution is 6.62. The van der Waals surface area contributed by atoms with Gasteiger partial charge in [-0.3, -0.25) is 4.79 Å². The first-order valence-electron chi connectivity index (χ1n) is 11.3. The fourth-order valence-electron chi connectivity index (χ4n) is 4.15. The van der Waals surface area contributed by atoms with Crippen molar-refractivity contribution in [2.75, 3.05) is 0 Å². The Balaban J connectivity index is 1.35. The van der Waals surface area contributed by atoms with E-state index < -0.39 is 5.91 Å². The molecule has 0 aliphatic carbocycles. The van der Waals surface area contributed by atoms with Gasteiger partial charge in [-0.2, -0.15) is 0 Å². The fraction of sp³-hybridized carbons (Fsp3) is 0.320. The molecule has 1 saturated heterocycles. The second-order valence-corrected chi connectivity index (χ2v) is 9.78. The van der Waals surface area contributed by atoms with Crippen LogP contribution < -0.4 is 11.2 Å². The van der Waals surface area contributed by atoms with Crippen molar-refractivity contribution in [2.24, 2.45) is 5.73 Å². The number of primary amides is 1. The van der Waals surface area contributed by atoms with Gasteiger partial charge in [-0.05, 0) is 69.9 Å². The molecule has 0 spiro atoms. The smallest absolute Gasteiger partial charge is 0.399 e. The zero-order valence-electron chi connectivity index (χ0n) is 20.1. The maximum atomic E-state index is 11.4. The van der Waals surface area contributed by atoms with E-state index in [2.05, 4.69) is 84.9 Å². The summed E-state index contributed by atoms with van der Waals surface area (Å²) in [5, 5.41) is 5.29. The summed E-state index contributed by atoms with van der Waals surface area (Å²) < 4.78 is 16.1. The van der Waals surface area contributed by atoms with Crippen molar-refractivity contribution in [2.45, 2.75) is 52.4 Å². The van der Waals surface area contributed by atoms with Gasteiger partial charge in [0.05, 0.1) is 16.9 Å². The van der Waals surface area contributed by atoms with E-state index in [0.717, 1.165) is 28.6 Å². The molecule has 2 aromatic carbocycles. The van der Waals surface area contributed by atoms with E-state index in [1.54, 1.807) is 11.6 Å². The van der Waals surface area contributed by atoms with Crippen molar-refractivity contribution in [1.82, 2.24) is 19.3 Å². The molecule has 8 nitrogen and oxygen atoms in total. The number of nitrogens with zero attached hydrogens (tertiary/aromatic N) is 4. The molecule has 1 aliphatic heterocycles. The second kappa shape index (κ2) is 7.82. The molecule has 3 heterocycles. The van der Waals surface area contributed by atoms with Crippen molar-refractivity contribution in [3.8, 4) is 5.69 Å². The lowest BCUT2D eigenvalue weighted by Gasteiger charge is -2.32. The maximum absolute atomic E-state index is 11.4. The van der Waals surface area contributed by atoms with Gasteiger partial charge < -0.3 is 19.6 Å². The van der Waals surface area contributed by atoms with Crippen LogP contribution in [0.15, 0.2) is 54.7 Å². The molecule has 174 valence electrons. The van der Waals surface area contributed by atoms with E-state index in [-0.39, 0.29) is 24.1 Å². The van der Waals surface area contributed by atoms with E-state index >= 15 is 0 Å². The first-order chi connectivity index (χ1) is 16.0. The second-order valence-electron chi connectivity index (χ2n) is 9.78. The summed E-state index contributed by atoms with van der Waals surface area (Å²) in [5.41, 5.74) is 8.73. The third-order valence-corrected chi connectivity index (χ3v) is 6.85. The van der Waals surface area contributed by atoms with Crippen LogP contribution in [0.2, 0.25) is 0 Å². The third-order valence-electron chi connectivity index (χ3n) is 6.85. The Morgan fingerprint density at radius 1 is 1.03 bits per heavy atom. The van der Waals surface area contributed by atoms with E-state index in [1.807, 2.05) is 12.1 Å². The molecular weight excluding hydrogens is 429 g/mol. The van der Waals surface area contributed by atoms with Gasteiger partial charge in [0, 0.05) is 23.6 Å². The molecule has 2 aromatic heterocycles. The topological polar surface area (TPSA) is 97.2 Å². The van der Waals surface area contributed by atoms with E-state index in [9.17, 15) is 4.79 Å². The van der Waals surface area contributed by atoms with Crippen LogP contribution in [0.5, 0.6) is 0 Å². The molecule has 4 aromatic rings. The number of carbonyl (C=O) groups excluding carboxylic acids is 1. The Bertz CT molecular complexity index is 1370. The molecule has 0 atom stereocenters. The number of benzene rings is 2. The zero-order chi connectivity index (χ0) is 24.3. The van der Waals surface area contributed by atoms with Crippen LogP contribution in [-0.2, 0) is 15.9 Å².